The van der Waals surface area contributed by atoms with Crippen LogP contribution in [0.1, 0.15) is 12.6 Å². The van der Waals surface area contributed by atoms with E-state index in [1.165, 1.54) is 0 Å². The predicted molar refractivity (Wildman–Crippen MR) is 71.9 cm³/mol. The first-order valence-electron chi connectivity index (χ1n) is 5.98. The number of aromatic amines is 1. The van der Waals surface area contributed by atoms with E-state index in [1.807, 2.05) is 25.1 Å². The Morgan fingerprint density at radius 1 is 1.42 bits per heavy atom. The van der Waals surface area contributed by atoms with Gasteiger partial charge in [-0.2, -0.15) is 0 Å². The lowest BCUT2D eigenvalue weighted by Gasteiger charge is -2.23. The quantitative estimate of drug-likeness (QED) is 0.725. The molecule has 1 unspecified atom stereocenters. The Balaban J connectivity index is 2.05. The molecule has 2 heterocycles. The number of nitrogens with one attached hydrogen (secondary N) is 2. The van der Waals surface area contributed by atoms with Crippen molar-refractivity contribution in [2.45, 2.75) is 20.0 Å². The zero-order valence-electron chi connectivity index (χ0n) is 10.7. The fourth-order valence-corrected chi connectivity index (χ4v) is 2.12. The largest absolute Gasteiger partial charge is 0.479 e. The van der Waals surface area contributed by atoms with Crippen LogP contribution in [0.3, 0.4) is 0 Å². The summed E-state index contributed by atoms with van der Waals surface area (Å²) in [4.78, 5) is 18.8. The Hall–Kier alpha value is -2.50. The highest BCUT2D eigenvalue weighted by Gasteiger charge is 2.24. The van der Waals surface area contributed by atoms with Crippen LogP contribution in [0, 0.1) is 6.92 Å². The highest BCUT2D eigenvalue weighted by molar-refractivity contribution is 5.98. The standard InChI is InChI=1S/C13H14N4O2/c1-6-11(17-13(14)15-6)8-3-4-10-9(5-8)16-12(18)7(2)19-10/h3-5,7H,1-2H3,(H,16,18)(H3,14,15,17). The number of hydrogen-bond donors (Lipinski definition) is 3. The number of fused-ring (bicyclic) bond motifs is 1. The number of nitrogens with zero attached hydrogens (tertiary/aromatic N) is 1. The first kappa shape index (κ1) is 11.6. The Morgan fingerprint density at radius 3 is 2.89 bits per heavy atom. The van der Waals surface area contributed by atoms with Gasteiger partial charge in [-0.3, -0.25) is 4.79 Å². The molecule has 1 amide bonds. The predicted octanol–water partition coefficient (Wildman–Crippen LogP) is 1.69. The third kappa shape index (κ3) is 1.91. The molecule has 0 saturated carbocycles. The molecule has 3 rings (SSSR count). The summed E-state index contributed by atoms with van der Waals surface area (Å²) < 4.78 is 5.51. The van der Waals surface area contributed by atoms with Crippen LogP contribution in [-0.2, 0) is 4.79 Å². The van der Waals surface area contributed by atoms with Crippen LogP contribution >= 0.6 is 0 Å². The second-order valence-electron chi connectivity index (χ2n) is 4.56. The van der Waals surface area contributed by atoms with Crippen LogP contribution in [-0.4, -0.2) is 22.0 Å². The first-order valence-corrected chi connectivity index (χ1v) is 5.98. The van der Waals surface area contributed by atoms with Crippen molar-refractivity contribution >= 4 is 17.5 Å². The normalized spacial score (nSPS) is 17.6. The summed E-state index contributed by atoms with van der Waals surface area (Å²) in [6.07, 6.45) is -0.471. The number of anilines is 2. The van der Waals surface area contributed by atoms with Gasteiger partial charge in [-0.15, -0.1) is 0 Å². The molecule has 0 bridgehead atoms. The lowest BCUT2D eigenvalue weighted by atomic mass is 10.1. The van der Waals surface area contributed by atoms with Gasteiger partial charge in [-0.1, -0.05) is 0 Å². The maximum atomic E-state index is 11.6. The Bertz CT molecular complexity index is 663. The van der Waals surface area contributed by atoms with E-state index in [1.54, 1.807) is 6.92 Å². The number of imidazole rings is 1. The van der Waals surface area contributed by atoms with Crippen molar-refractivity contribution in [3.63, 3.8) is 0 Å². The highest BCUT2D eigenvalue weighted by Crippen LogP contribution is 2.34. The number of rotatable bonds is 1. The highest BCUT2D eigenvalue weighted by atomic mass is 16.5. The van der Waals surface area contributed by atoms with Crippen LogP contribution < -0.4 is 15.8 Å². The molecular weight excluding hydrogens is 244 g/mol. The second kappa shape index (κ2) is 4.01. The van der Waals surface area contributed by atoms with Crippen molar-refractivity contribution in [2.75, 3.05) is 11.1 Å². The summed E-state index contributed by atoms with van der Waals surface area (Å²) in [5, 5.41) is 2.81. The monoisotopic (exact) mass is 258 g/mol. The van der Waals surface area contributed by atoms with Crippen LogP contribution in [0.15, 0.2) is 18.2 Å². The molecule has 19 heavy (non-hydrogen) atoms. The number of nitrogen functional groups attached to an aromatic ring is 1. The van der Waals surface area contributed by atoms with Gasteiger partial charge in [0.1, 0.15) is 5.75 Å². The fourth-order valence-electron chi connectivity index (χ4n) is 2.12. The summed E-state index contributed by atoms with van der Waals surface area (Å²) in [5.41, 5.74) is 8.82. The molecule has 1 atom stereocenters. The van der Waals surface area contributed by atoms with Crippen LogP contribution in [0.5, 0.6) is 5.75 Å². The van der Waals surface area contributed by atoms with E-state index in [-0.39, 0.29) is 5.91 Å². The lowest BCUT2D eigenvalue weighted by Crippen LogP contribution is -2.34. The molecule has 1 aliphatic heterocycles. The topological polar surface area (TPSA) is 93.0 Å². The Labute approximate surface area is 110 Å². The number of amides is 1. The van der Waals surface area contributed by atoms with E-state index < -0.39 is 6.10 Å². The van der Waals surface area contributed by atoms with E-state index in [0.717, 1.165) is 17.0 Å². The number of aromatic nitrogens is 2. The molecule has 1 aromatic heterocycles. The summed E-state index contributed by atoms with van der Waals surface area (Å²) >= 11 is 0. The van der Waals surface area contributed by atoms with Crippen LogP contribution in [0.4, 0.5) is 11.6 Å². The molecule has 0 fully saturated rings. The number of hydrogen-bond acceptors (Lipinski definition) is 4. The van der Waals surface area contributed by atoms with Crippen molar-refractivity contribution in [3.8, 4) is 17.0 Å². The molecule has 6 nitrogen and oxygen atoms in total. The van der Waals surface area contributed by atoms with Crippen molar-refractivity contribution in [2.24, 2.45) is 0 Å². The summed E-state index contributed by atoms with van der Waals surface area (Å²) in [6.45, 7) is 3.61. The van der Waals surface area contributed by atoms with Crippen molar-refractivity contribution in [3.05, 3.63) is 23.9 Å². The molecule has 2 aromatic rings. The van der Waals surface area contributed by atoms with E-state index in [9.17, 15) is 4.79 Å². The minimum atomic E-state index is -0.471. The van der Waals surface area contributed by atoms with Gasteiger partial charge in [-0.25, -0.2) is 4.98 Å². The zero-order valence-corrected chi connectivity index (χ0v) is 10.7. The molecule has 0 saturated heterocycles. The maximum Gasteiger partial charge on any atom is 0.265 e. The molecule has 1 aliphatic rings. The van der Waals surface area contributed by atoms with Gasteiger partial charge in [0.25, 0.3) is 5.91 Å². The third-order valence-corrected chi connectivity index (χ3v) is 3.09. The van der Waals surface area contributed by atoms with Crippen LogP contribution in [0.25, 0.3) is 11.3 Å². The molecule has 4 N–H and O–H groups in total. The molecular formula is C13H14N4O2. The van der Waals surface area contributed by atoms with Gasteiger partial charge >= 0.3 is 0 Å². The first-order chi connectivity index (χ1) is 9.04. The Kier molecular flexibility index (Phi) is 2.45. The summed E-state index contributed by atoms with van der Waals surface area (Å²) in [5.74, 6) is 0.888. The van der Waals surface area contributed by atoms with Crippen LogP contribution in [0.2, 0.25) is 0 Å². The number of benzene rings is 1. The number of nitrogens with two attached hydrogens (primary N) is 1. The van der Waals surface area contributed by atoms with Gasteiger partial charge in [0, 0.05) is 11.3 Å². The van der Waals surface area contributed by atoms with Crippen molar-refractivity contribution in [1.29, 1.82) is 0 Å². The maximum absolute atomic E-state index is 11.6. The van der Waals surface area contributed by atoms with Gasteiger partial charge in [-0.05, 0) is 32.0 Å². The van der Waals surface area contributed by atoms with Gasteiger partial charge in [0.05, 0.1) is 11.4 Å². The SMILES string of the molecule is Cc1[nH]c(N)nc1-c1ccc2c(c1)NC(=O)C(C)O2. The minimum absolute atomic E-state index is 0.150. The molecule has 0 spiro atoms. The number of carbonyl (C=O) groups is 1. The average Bonchev–Trinajstić information content (AvgIpc) is 2.69. The molecule has 98 valence electrons. The smallest absolute Gasteiger partial charge is 0.265 e. The van der Waals surface area contributed by atoms with E-state index in [2.05, 4.69) is 15.3 Å². The average molecular weight is 258 g/mol. The summed E-state index contributed by atoms with van der Waals surface area (Å²) in [7, 11) is 0. The van der Waals surface area contributed by atoms with Gasteiger partial charge in [0.15, 0.2) is 12.1 Å². The van der Waals surface area contributed by atoms with E-state index >= 15 is 0 Å². The van der Waals surface area contributed by atoms with E-state index in [0.29, 0.717) is 17.4 Å². The molecule has 1 aromatic carbocycles. The summed E-state index contributed by atoms with van der Waals surface area (Å²) in [6, 6.07) is 5.55. The Morgan fingerprint density at radius 2 is 2.21 bits per heavy atom. The molecule has 0 radical (unpaired) electrons. The number of aryl methyl sites for hydroxylation is 1. The third-order valence-electron chi connectivity index (χ3n) is 3.09. The number of ether oxygens (including phenoxy) is 1. The number of carbonyl (C=O) groups excluding carboxylic acids is 1. The molecule has 6 heteroatoms. The van der Waals surface area contributed by atoms with Crippen molar-refractivity contribution in [1.82, 2.24) is 9.97 Å². The zero-order chi connectivity index (χ0) is 13.6. The lowest BCUT2D eigenvalue weighted by molar-refractivity contribution is -0.122. The van der Waals surface area contributed by atoms with Gasteiger partial charge in [0.2, 0.25) is 0 Å². The van der Waals surface area contributed by atoms with Crippen molar-refractivity contribution < 1.29 is 9.53 Å². The van der Waals surface area contributed by atoms with E-state index in [4.69, 9.17) is 10.5 Å². The minimum Gasteiger partial charge on any atom is -0.479 e. The second-order valence-corrected chi connectivity index (χ2v) is 4.56. The number of H-pyrrole nitrogens is 1. The molecule has 0 aliphatic carbocycles. The fraction of sp³-hybridized carbons (Fsp3) is 0.231. The van der Waals surface area contributed by atoms with Gasteiger partial charge < -0.3 is 20.8 Å².